The summed E-state index contributed by atoms with van der Waals surface area (Å²) in [7, 11) is 0. The summed E-state index contributed by atoms with van der Waals surface area (Å²) in [4.78, 5) is 25.3. The lowest BCUT2D eigenvalue weighted by atomic mass is 10.1. The van der Waals surface area contributed by atoms with Gasteiger partial charge in [-0.1, -0.05) is 48.5 Å². The monoisotopic (exact) mass is 387 g/mol. The number of aromatic nitrogens is 4. The number of carbonyl (C=O) groups excluding carboxylic acids is 1. The topological polar surface area (TPSA) is 81.8 Å². The second kappa shape index (κ2) is 7.71. The first-order chi connectivity index (χ1) is 14.0. The number of anilines is 1. The first kappa shape index (κ1) is 18.6. The van der Waals surface area contributed by atoms with Crippen molar-refractivity contribution in [1.82, 2.24) is 19.6 Å². The van der Waals surface area contributed by atoms with E-state index in [4.69, 9.17) is 0 Å². The molecule has 0 spiro atoms. The molecule has 7 heteroatoms. The fourth-order valence-corrected chi connectivity index (χ4v) is 3.35. The van der Waals surface area contributed by atoms with E-state index in [9.17, 15) is 9.59 Å². The van der Waals surface area contributed by atoms with Gasteiger partial charge in [0.05, 0.1) is 23.3 Å². The van der Waals surface area contributed by atoms with Gasteiger partial charge in [-0.05, 0) is 25.5 Å². The van der Waals surface area contributed by atoms with Crippen molar-refractivity contribution in [3.8, 4) is 0 Å². The highest BCUT2D eigenvalue weighted by atomic mass is 16.2. The molecule has 2 aromatic heterocycles. The number of fused-ring (bicyclic) bond motifs is 1. The molecule has 4 rings (SSSR count). The van der Waals surface area contributed by atoms with Gasteiger partial charge < -0.3 is 5.32 Å². The largest absolute Gasteiger partial charge is 0.309 e. The number of rotatable bonds is 5. The van der Waals surface area contributed by atoms with Gasteiger partial charge in [-0.2, -0.15) is 10.2 Å². The molecule has 1 N–H and O–H groups in total. The lowest BCUT2D eigenvalue weighted by Gasteiger charge is -2.11. The molecule has 0 radical (unpaired) electrons. The van der Waals surface area contributed by atoms with Gasteiger partial charge in [-0.15, -0.1) is 0 Å². The molecule has 146 valence electrons. The fourth-order valence-electron chi connectivity index (χ4n) is 3.35. The molecule has 0 bridgehead atoms. The Morgan fingerprint density at radius 2 is 1.62 bits per heavy atom. The standard InChI is InChI=1S/C22H21N5O2/c1-15-12-20(26(24-15)13-17-8-4-3-5-9-17)23-21(28)14-27-22(29)19-11-7-6-10-18(19)16(2)25-27/h3-12H,13-14H2,1-2H3,(H,23,28). The maximum absolute atomic E-state index is 12.7. The van der Waals surface area contributed by atoms with Crippen molar-refractivity contribution in [2.45, 2.75) is 26.9 Å². The number of amides is 1. The maximum atomic E-state index is 12.7. The van der Waals surface area contributed by atoms with Crippen LogP contribution in [0, 0.1) is 13.8 Å². The number of nitrogens with zero attached hydrogens (tertiary/aromatic N) is 4. The van der Waals surface area contributed by atoms with Crippen LogP contribution < -0.4 is 10.9 Å². The molecule has 2 aromatic carbocycles. The number of carbonyl (C=O) groups is 1. The van der Waals surface area contributed by atoms with Crippen LogP contribution in [0.1, 0.15) is 17.0 Å². The smallest absolute Gasteiger partial charge is 0.275 e. The highest BCUT2D eigenvalue weighted by Gasteiger charge is 2.13. The minimum absolute atomic E-state index is 0.167. The number of hydrogen-bond acceptors (Lipinski definition) is 4. The third-order valence-corrected chi connectivity index (χ3v) is 4.69. The highest BCUT2D eigenvalue weighted by molar-refractivity contribution is 5.90. The van der Waals surface area contributed by atoms with E-state index >= 15 is 0 Å². The summed E-state index contributed by atoms with van der Waals surface area (Å²) in [6, 6.07) is 19.0. The Morgan fingerprint density at radius 3 is 2.38 bits per heavy atom. The van der Waals surface area contributed by atoms with Crippen LogP contribution in [0.3, 0.4) is 0 Å². The second-order valence-corrected chi connectivity index (χ2v) is 6.96. The summed E-state index contributed by atoms with van der Waals surface area (Å²) in [5.41, 5.74) is 2.30. The SMILES string of the molecule is Cc1cc(NC(=O)Cn2nc(C)c3ccccc3c2=O)n(Cc2ccccc2)n1. The third kappa shape index (κ3) is 3.94. The summed E-state index contributed by atoms with van der Waals surface area (Å²) in [6.45, 7) is 4.07. The summed E-state index contributed by atoms with van der Waals surface area (Å²) in [5.74, 6) is 0.255. The number of aryl methyl sites for hydroxylation is 2. The molecule has 0 fully saturated rings. The van der Waals surface area contributed by atoms with Gasteiger partial charge in [0.2, 0.25) is 5.91 Å². The first-order valence-corrected chi connectivity index (χ1v) is 9.36. The lowest BCUT2D eigenvalue weighted by molar-refractivity contribution is -0.117. The Morgan fingerprint density at radius 1 is 0.931 bits per heavy atom. The van der Waals surface area contributed by atoms with E-state index in [1.807, 2.05) is 62.4 Å². The Bertz CT molecular complexity index is 1240. The minimum Gasteiger partial charge on any atom is -0.309 e. The van der Waals surface area contributed by atoms with E-state index in [0.717, 1.165) is 16.6 Å². The van der Waals surface area contributed by atoms with Crippen molar-refractivity contribution in [2.24, 2.45) is 0 Å². The molecule has 0 unspecified atom stereocenters. The Kier molecular flexibility index (Phi) is 4.95. The van der Waals surface area contributed by atoms with Crippen LogP contribution in [0.2, 0.25) is 0 Å². The van der Waals surface area contributed by atoms with Gasteiger partial charge in [0.25, 0.3) is 5.56 Å². The van der Waals surface area contributed by atoms with Gasteiger partial charge in [0, 0.05) is 11.5 Å². The molecule has 0 aliphatic carbocycles. The van der Waals surface area contributed by atoms with Crippen molar-refractivity contribution < 1.29 is 4.79 Å². The zero-order valence-electron chi connectivity index (χ0n) is 16.3. The molecule has 0 saturated heterocycles. The van der Waals surface area contributed by atoms with Crippen molar-refractivity contribution in [1.29, 1.82) is 0 Å². The van der Waals surface area contributed by atoms with Crippen molar-refractivity contribution in [2.75, 3.05) is 5.32 Å². The average molecular weight is 387 g/mol. The van der Waals surface area contributed by atoms with Crippen LogP contribution in [-0.2, 0) is 17.9 Å². The molecular weight excluding hydrogens is 366 g/mol. The third-order valence-electron chi connectivity index (χ3n) is 4.69. The van der Waals surface area contributed by atoms with Gasteiger partial charge in [0.1, 0.15) is 12.4 Å². The van der Waals surface area contributed by atoms with Gasteiger partial charge in [0.15, 0.2) is 0 Å². The van der Waals surface area contributed by atoms with Crippen LogP contribution in [0.25, 0.3) is 10.8 Å². The molecular formula is C22H21N5O2. The summed E-state index contributed by atoms with van der Waals surface area (Å²) in [6.07, 6.45) is 0. The van der Waals surface area contributed by atoms with Crippen molar-refractivity contribution in [3.63, 3.8) is 0 Å². The van der Waals surface area contributed by atoms with Gasteiger partial charge >= 0.3 is 0 Å². The average Bonchev–Trinajstić information content (AvgIpc) is 3.05. The van der Waals surface area contributed by atoms with Gasteiger partial charge in [-0.25, -0.2) is 9.36 Å². The fraction of sp³-hybridized carbons (Fsp3) is 0.182. The van der Waals surface area contributed by atoms with E-state index in [1.165, 1.54) is 4.68 Å². The zero-order chi connectivity index (χ0) is 20.4. The first-order valence-electron chi connectivity index (χ1n) is 9.36. The molecule has 4 aromatic rings. The Hall–Kier alpha value is -3.74. The summed E-state index contributed by atoms with van der Waals surface area (Å²) in [5, 5.41) is 13.0. The Balaban J connectivity index is 1.56. The molecule has 0 atom stereocenters. The van der Waals surface area contributed by atoms with E-state index in [-0.39, 0.29) is 18.0 Å². The minimum atomic E-state index is -0.330. The predicted molar refractivity (Wildman–Crippen MR) is 112 cm³/mol. The second-order valence-electron chi connectivity index (χ2n) is 6.96. The van der Waals surface area contributed by atoms with E-state index in [0.29, 0.717) is 23.4 Å². The van der Waals surface area contributed by atoms with Crippen LogP contribution in [0.4, 0.5) is 5.82 Å². The zero-order valence-corrected chi connectivity index (χ0v) is 16.3. The lowest BCUT2D eigenvalue weighted by Crippen LogP contribution is -2.30. The molecule has 1 amide bonds. The van der Waals surface area contributed by atoms with Crippen molar-refractivity contribution in [3.05, 3.63) is 88.0 Å². The molecule has 7 nitrogen and oxygen atoms in total. The normalized spacial score (nSPS) is 11.0. The van der Waals surface area contributed by atoms with E-state index in [2.05, 4.69) is 15.5 Å². The van der Waals surface area contributed by atoms with E-state index < -0.39 is 0 Å². The van der Waals surface area contributed by atoms with Crippen LogP contribution >= 0.6 is 0 Å². The van der Waals surface area contributed by atoms with Crippen LogP contribution in [-0.4, -0.2) is 25.5 Å². The molecule has 2 heterocycles. The number of benzene rings is 2. The Labute approximate surface area is 167 Å². The highest BCUT2D eigenvalue weighted by Crippen LogP contribution is 2.14. The maximum Gasteiger partial charge on any atom is 0.275 e. The molecule has 0 aliphatic rings. The van der Waals surface area contributed by atoms with Crippen LogP contribution in [0.5, 0.6) is 0 Å². The van der Waals surface area contributed by atoms with Crippen LogP contribution in [0.15, 0.2) is 65.5 Å². The van der Waals surface area contributed by atoms with Crippen molar-refractivity contribution >= 4 is 22.5 Å². The molecule has 0 saturated carbocycles. The van der Waals surface area contributed by atoms with E-state index in [1.54, 1.807) is 16.8 Å². The summed E-state index contributed by atoms with van der Waals surface area (Å²) >= 11 is 0. The number of hydrogen-bond donors (Lipinski definition) is 1. The molecule has 0 aliphatic heterocycles. The molecule has 29 heavy (non-hydrogen) atoms. The predicted octanol–water partition coefficient (Wildman–Crippen LogP) is 2.90. The van der Waals surface area contributed by atoms with Gasteiger partial charge in [-0.3, -0.25) is 9.59 Å². The number of nitrogens with one attached hydrogen (secondary N) is 1. The summed E-state index contributed by atoms with van der Waals surface area (Å²) < 4.78 is 2.95. The quantitative estimate of drug-likeness (QED) is 0.571.